The van der Waals surface area contributed by atoms with E-state index in [1.54, 1.807) is 24.3 Å². The van der Waals surface area contributed by atoms with Gasteiger partial charge in [0.25, 0.3) is 5.91 Å². The average molecular weight is 282 g/mol. The highest BCUT2D eigenvalue weighted by molar-refractivity contribution is 7.82. The molecule has 1 aliphatic carbocycles. The highest BCUT2D eigenvalue weighted by atomic mass is 35.5. The molecule has 1 amide bonds. The minimum atomic E-state index is -0.505. The van der Waals surface area contributed by atoms with Crippen LogP contribution in [0.1, 0.15) is 29.6 Å². The molecule has 0 aliphatic heterocycles. The van der Waals surface area contributed by atoms with Gasteiger partial charge < -0.3 is 5.32 Å². The first-order chi connectivity index (χ1) is 8.59. The van der Waals surface area contributed by atoms with Crippen molar-refractivity contribution in [3.8, 4) is 0 Å². The number of ketones is 1. The summed E-state index contributed by atoms with van der Waals surface area (Å²) in [4.78, 5) is 24.2. The molecule has 1 aromatic rings. The van der Waals surface area contributed by atoms with Crippen molar-refractivity contribution in [2.45, 2.75) is 25.3 Å². The Morgan fingerprint density at radius 1 is 1.39 bits per heavy atom. The zero-order valence-electron chi connectivity index (χ0n) is 9.61. The fourth-order valence-corrected chi connectivity index (χ4v) is 2.44. The Morgan fingerprint density at radius 3 is 2.83 bits per heavy atom. The first kappa shape index (κ1) is 13.2. The van der Waals surface area contributed by atoms with Crippen LogP contribution < -0.4 is 5.32 Å². The standard InChI is InChI=1S/C13H12ClNO2S/c14-9-5-2-1-4-8(9)13(17)15-10-6-3-7-11(18)12(10)16/h1-2,4-5,10H,3,6-7H2,(H,15,17). The molecule has 2 rings (SSSR count). The minimum Gasteiger partial charge on any atom is -0.342 e. The number of Topliss-reactive ketones (excluding diaryl/α,β-unsaturated/α-hetero) is 1. The molecule has 18 heavy (non-hydrogen) atoms. The topological polar surface area (TPSA) is 46.2 Å². The maximum atomic E-state index is 12.0. The van der Waals surface area contributed by atoms with Crippen molar-refractivity contribution in [3.05, 3.63) is 34.9 Å². The fraction of sp³-hybridized carbons (Fsp3) is 0.308. The monoisotopic (exact) mass is 281 g/mol. The molecule has 1 aliphatic rings. The number of hydrogen-bond acceptors (Lipinski definition) is 3. The molecule has 1 atom stereocenters. The Labute approximate surface area is 116 Å². The van der Waals surface area contributed by atoms with Crippen molar-refractivity contribution < 1.29 is 9.59 Å². The summed E-state index contributed by atoms with van der Waals surface area (Å²) in [6.07, 6.45) is 2.11. The molecule has 1 saturated carbocycles. The van der Waals surface area contributed by atoms with E-state index in [0.29, 0.717) is 28.3 Å². The molecule has 0 aromatic heterocycles. The van der Waals surface area contributed by atoms with Crippen LogP contribution in [-0.4, -0.2) is 22.6 Å². The maximum absolute atomic E-state index is 12.0. The van der Waals surface area contributed by atoms with E-state index in [1.165, 1.54) is 0 Å². The smallest absolute Gasteiger partial charge is 0.253 e. The molecule has 0 heterocycles. The van der Waals surface area contributed by atoms with E-state index in [4.69, 9.17) is 23.8 Å². The lowest BCUT2D eigenvalue weighted by atomic mass is 9.93. The van der Waals surface area contributed by atoms with Gasteiger partial charge in [0.1, 0.15) is 0 Å². The molecule has 3 nitrogen and oxygen atoms in total. The summed E-state index contributed by atoms with van der Waals surface area (Å²) in [6, 6.07) is 6.25. The predicted octanol–water partition coefficient (Wildman–Crippen LogP) is 2.56. The molecule has 94 valence electrons. The van der Waals surface area contributed by atoms with E-state index in [1.807, 2.05) is 0 Å². The Hall–Kier alpha value is -1.26. The van der Waals surface area contributed by atoms with Crippen molar-refractivity contribution >= 4 is 40.4 Å². The molecule has 1 fully saturated rings. The normalized spacial score (nSPS) is 19.7. The molecule has 0 radical (unpaired) electrons. The highest BCUT2D eigenvalue weighted by Gasteiger charge is 2.28. The third-order valence-corrected chi connectivity index (χ3v) is 3.65. The third-order valence-electron chi connectivity index (χ3n) is 2.91. The number of benzene rings is 1. The van der Waals surface area contributed by atoms with E-state index in [9.17, 15) is 9.59 Å². The second-order valence-electron chi connectivity index (χ2n) is 4.19. The zero-order chi connectivity index (χ0) is 13.1. The molecule has 0 saturated heterocycles. The minimum absolute atomic E-state index is 0.142. The van der Waals surface area contributed by atoms with Crippen LogP contribution in [0, 0.1) is 0 Å². The molecule has 0 bridgehead atoms. The van der Waals surface area contributed by atoms with Crippen LogP contribution in [0.3, 0.4) is 0 Å². The SMILES string of the molecule is O=C(NC1CCCC(=S)C1=O)c1ccccc1Cl. The van der Waals surface area contributed by atoms with Gasteiger partial charge in [0.2, 0.25) is 0 Å². The molecular formula is C13H12ClNO2S. The number of rotatable bonds is 2. The summed E-state index contributed by atoms with van der Waals surface area (Å²) >= 11 is 10.9. The van der Waals surface area contributed by atoms with Crippen molar-refractivity contribution in [3.63, 3.8) is 0 Å². The van der Waals surface area contributed by atoms with Gasteiger partial charge in [0.05, 0.1) is 21.5 Å². The maximum Gasteiger partial charge on any atom is 0.253 e. The van der Waals surface area contributed by atoms with Gasteiger partial charge in [-0.3, -0.25) is 9.59 Å². The van der Waals surface area contributed by atoms with E-state index in [-0.39, 0.29) is 11.7 Å². The van der Waals surface area contributed by atoms with Crippen LogP contribution in [0.5, 0.6) is 0 Å². The van der Waals surface area contributed by atoms with Gasteiger partial charge in [-0.15, -0.1) is 0 Å². The number of carbonyl (C=O) groups is 2. The van der Waals surface area contributed by atoms with Gasteiger partial charge in [-0.05, 0) is 31.4 Å². The predicted molar refractivity (Wildman–Crippen MR) is 74.2 cm³/mol. The van der Waals surface area contributed by atoms with E-state index in [0.717, 1.165) is 6.42 Å². The largest absolute Gasteiger partial charge is 0.342 e. The molecule has 5 heteroatoms. The van der Waals surface area contributed by atoms with Gasteiger partial charge in [-0.2, -0.15) is 0 Å². The van der Waals surface area contributed by atoms with Crippen LogP contribution in [0.25, 0.3) is 0 Å². The van der Waals surface area contributed by atoms with Crippen LogP contribution in [-0.2, 0) is 4.79 Å². The lowest BCUT2D eigenvalue weighted by Crippen LogP contribution is -2.45. The lowest BCUT2D eigenvalue weighted by molar-refractivity contribution is -0.115. The number of thiocarbonyl (C=S) groups is 1. The van der Waals surface area contributed by atoms with Crippen LogP contribution >= 0.6 is 23.8 Å². The summed E-state index contributed by atoms with van der Waals surface area (Å²) in [7, 11) is 0. The Kier molecular flexibility index (Phi) is 4.09. The second kappa shape index (κ2) is 5.59. The fourth-order valence-electron chi connectivity index (χ4n) is 1.93. The van der Waals surface area contributed by atoms with Crippen molar-refractivity contribution in [2.24, 2.45) is 0 Å². The quantitative estimate of drug-likeness (QED) is 0.848. The molecule has 1 aromatic carbocycles. The van der Waals surface area contributed by atoms with E-state index < -0.39 is 6.04 Å². The number of amides is 1. The Balaban J connectivity index is 2.10. The molecule has 1 unspecified atom stereocenters. The second-order valence-corrected chi connectivity index (χ2v) is 5.09. The van der Waals surface area contributed by atoms with Crippen LogP contribution in [0.4, 0.5) is 0 Å². The molecule has 0 spiro atoms. The van der Waals surface area contributed by atoms with Gasteiger partial charge >= 0.3 is 0 Å². The Bertz CT molecular complexity index is 515. The number of nitrogens with one attached hydrogen (secondary N) is 1. The lowest BCUT2D eigenvalue weighted by Gasteiger charge is -2.22. The average Bonchev–Trinajstić information content (AvgIpc) is 2.35. The van der Waals surface area contributed by atoms with Crippen LogP contribution in [0.2, 0.25) is 5.02 Å². The van der Waals surface area contributed by atoms with Gasteiger partial charge in [0.15, 0.2) is 5.78 Å². The summed E-state index contributed by atoms with van der Waals surface area (Å²) in [5.74, 6) is -0.472. The van der Waals surface area contributed by atoms with Crippen molar-refractivity contribution in [1.29, 1.82) is 0 Å². The summed E-state index contributed by atoms with van der Waals surface area (Å²) in [6.45, 7) is 0. The van der Waals surface area contributed by atoms with E-state index in [2.05, 4.69) is 5.32 Å². The molecular weight excluding hydrogens is 270 g/mol. The Morgan fingerprint density at radius 2 is 2.11 bits per heavy atom. The van der Waals surface area contributed by atoms with E-state index >= 15 is 0 Å². The van der Waals surface area contributed by atoms with Crippen molar-refractivity contribution in [1.82, 2.24) is 5.32 Å². The number of halogens is 1. The third kappa shape index (κ3) is 2.76. The number of carbonyl (C=O) groups excluding carboxylic acids is 2. The van der Waals surface area contributed by atoms with Gasteiger partial charge in [0, 0.05) is 0 Å². The molecule has 1 N–H and O–H groups in total. The van der Waals surface area contributed by atoms with Crippen LogP contribution in [0.15, 0.2) is 24.3 Å². The van der Waals surface area contributed by atoms with Crippen molar-refractivity contribution in [2.75, 3.05) is 0 Å². The first-order valence-corrected chi connectivity index (χ1v) is 6.50. The first-order valence-electron chi connectivity index (χ1n) is 5.72. The summed E-state index contributed by atoms with van der Waals surface area (Å²) in [5.41, 5.74) is 0.378. The van der Waals surface area contributed by atoms with Gasteiger partial charge in [-0.1, -0.05) is 36.0 Å². The summed E-state index contributed by atoms with van der Waals surface area (Å²) < 4.78 is 0. The zero-order valence-corrected chi connectivity index (χ0v) is 11.2. The number of hydrogen-bond donors (Lipinski definition) is 1. The summed E-state index contributed by atoms with van der Waals surface area (Å²) in [5, 5.41) is 3.07. The highest BCUT2D eigenvalue weighted by Crippen LogP contribution is 2.17. The van der Waals surface area contributed by atoms with Gasteiger partial charge in [-0.25, -0.2) is 0 Å².